The highest BCUT2D eigenvalue weighted by molar-refractivity contribution is 7.16. The second kappa shape index (κ2) is 3.81. The summed E-state index contributed by atoms with van der Waals surface area (Å²) < 4.78 is 1.96. The zero-order valence-corrected chi connectivity index (χ0v) is 11.1. The minimum atomic E-state index is -0.246. The number of benzene rings is 1. The fourth-order valence-electron chi connectivity index (χ4n) is 2.11. The lowest BCUT2D eigenvalue weighted by atomic mass is 9.95. The summed E-state index contributed by atoms with van der Waals surface area (Å²) in [4.78, 5) is 5.27. The van der Waals surface area contributed by atoms with Crippen LogP contribution in [0.1, 0.15) is 19.4 Å². The van der Waals surface area contributed by atoms with Gasteiger partial charge in [-0.3, -0.25) is 0 Å². The molecule has 0 aliphatic carbocycles. The van der Waals surface area contributed by atoms with E-state index in [0.717, 1.165) is 10.3 Å². The lowest BCUT2D eigenvalue weighted by Crippen LogP contribution is -2.28. The van der Waals surface area contributed by atoms with Crippen molar-refractivity contribution in [2.45, 2.75) is 19.4 Å². The molecule has 18 heavy (non-hydrogen) atoms. The first-order chi connectivity index (χ1) is 8.60. The van der Waals surface area contributed by atoms with Crippen molar-refractivity contribution in [2.75, 3.05) is 5.73 Å². The lowest BCUT2D eigenvalue weighted by Gasteiger charge is -2.26. The monoisotopic (exact) mass is 258 g/mol. The van der Waals surface area contributed by atoms with Crippen molar-refractivity contribution in [1.29, 1.82) is 0 Å². The molecule has 0 radical (unpaired) electrons. The molecule has 4 nitrogen and oxygen atoms in total. The Balaban J connectivity index is 2.22. The van der Waals surface area contributed by atoms with Crippen molar-refractivity contribution in [3.8, 4) is 0 Å². The molecule has 2 N–H and O–H groups in total. The van der Waals surface area contributed by atoms with E-state index >= 15 is 0 Å². The molecule has 0 amide bonds. The maximum Gasteiger partial charge on any atom is 0.173 e. The first kappa shape index (κ1) is 11.2. The van der Waals surface area contributed by atoms with Gasteiger partial charge >= 0.3 is 0 Å². The average Bonchev–Trinajstić information content (AvgIpc) is 2.95. The van der Waals surface area contributed by atoms with E-state index < -0.39 is 0 Å². The van der Waals surface area contributed by atoms with Crippen LogP contribution in [-0.2, 0) is 5.54 Å². The molecule has 0 spiro atoms. The van der Waals surface area contributed by atoms with E-state index in [9.17, 15) is 0 Å². The van der Waals surface area contributed by atoms with Gasteiger partial charge < -0.3 is 5.73 Å². The zero-order valence-electron chi connectivity index (χ0n) is 10.3. The van der Waals surface area contributed by atoms with E-state index in [2.05, 4.69) is 36.1 Å². The molecule has 0 unspecified atom stereocenters. The highest BCUT2D eigenvalue weighted by Gasteiger charge is 2.27. The van der Waals surface area contributed by atoms with Crippen LogP contribution in [0.2, 0.25) is 0 Å². The molecular formula is C13H14N4S. The Hall–Kier alpha value is -1.88. The van der Waals surface area contributed by atoms with Crippen LogP contribution in [0.5, 0.6) is 0 Å². The first-order valence-corrected chi connectivity index (χ1v) is 6.62. The van der Waals surface area contributed by atoms with Gasteiger partial charge in [-0.05, 0) is 19.4 Å². The molecule has 0 atom stereocenters. The summed E-state index contributed by atoms with van der Waals surface area (Å²) in [6, 6.07) is 10.3. The van der Waals surface area contributed by atoms with E-state index in [1.54, 1.807) is 16.8 Å². The molecule has 0 saturated carbocycles. The Labute approximate surface area is 109 Å². The third-order valence-corrected chi connectivity index (χ3v) is 4.00. The number of nitrogens with two attached hydrogens (primary N) is 1. The van der Waals surface area contributed by atoms with Gasteiger partial charge in [-0.15, -0.1) is 11.3 Å². The number of fused-ring (bicyclic) bond motifs is 1. The maximum absolute atomic E-state index is 5.91. The van der Waals surface area contributed by atoms with E-state index in [1.807, 2.05) is 22.9 Å². The third kappa shape index (κ3) is 1.51. The molecule has 2 aromatic heterocycles. The summed E-state index contributed by atoms with van der Waals surface area (Å²) in [6.07, 6.45) is 0. The van der Waals surface area contributed by atoms with Crippen molar-refractivity contribution in [2.24, 2.45) is 0 Å². The Morgan fingerprint density at radius 3 is 2.67 bits per heavy atom. The number of rotatable bonds is 2. The van der Waals surface area contributed by atoms with Gasteiger partial charge in [0.2, 0.25) is 0 Å². The normalized spacial score (nSPS) is 12.1. The summed E-state index contributed by atoms with van der Waals surface area (Å²) in [5, 5.41) is 4.44. The second-order valence-corrected chi connectivity index (χ2v) is 5.56. The van der Waals surface area contributed by atoms with E-state index in [-0.39, 0.29) is 5.54 Å². The van der Waals surface area contributed by atoms with Crippen LogP contribution in [0.4, 0.5) is 5.82 Å². The van der Waals surface area contributed by atoms with Crippen LogP contribution >= 0.6 is 11.3 Å². The molecule has 0 fully saturated rings. The topological polar surface area (TPSA) is 56.7 Å². The Kier molecular flexibility index (Phi) is 2.38. The quantitative estimate of drug-likeness (QED) is 0.769. The SMILES string of the molecule is CC(C)(c1ccccc1)n1nc(N)c2ncsc21. The van der Waals surface area contributed by atoms with Gasteiger partial charge in [0.15, 0.2) is 5.82 Å². The molecule has 1 aromatic carbocycles. The summed E-state index contributed by atoms with van der Waals surface area (Å²) in [7, 11) is 0. The molecule has 5 heteroatoms. The van der Waals surface area contributed by atoms with Crippen molar-refractivity contribution in [3.05, 3.63) is 41.4 Å². The fourth-order valence-corrected chi connectivity index (χ4v) is 3.01. The highest BCUT2D eigenvalue weighted by atomic mass is 32.1. The predicted octanol–water partition coefficient (Wildman–Crippen LogP) is 2.86. The van der Waals surface area contributed by atoms with Crippen molar-refractivity contribution in [1.82, 2.24) is 14.8 Å². The second-order valence-electron chi connectivity index (χ2n) is 4.73. The summed E-state index contributed by atoms with van der Waals surface area (Å²) in [5.41, 5.74) is 9.46. The van der Waals surface area contributed by atoms with Crippen LogP contribution in [0.3, 0.4) is 0 Å². The number of nitrogen functional groups attached to an aromatic ring is 1. The Bertz CT molecular complexity index is 681. The average molecular weight is 258 g/mol. The van der Waals surface area contributed by atoms with Gasteiger partial charge in [0.1, 0.15) is 10.3 Å². The van der Waals surface area contributed by atoms with Crippen LogP contribution in [0.25, 0.3) is 10.3 Å². The summed E-state index contributed by atoms with van der Waals surface area (Å²) in [5.74, 6) is 0.496. The summed E-state index contributed by atoms with van der Waals surface area (Å²) in [6.45, 7) is 4.27. The third-order valence-electron chi connectivity index (χ3n) is 3.20. The van der Waals surface area contributed by atoms with Gasteiger partial charge in [-0.2, -0.15) is 5.10 Å². The van der Waals surface area contributed by atoms with Gasteiger partial charge in [0, 0.05) is 0 Å². The molecular weight excluding hydrogens is 244 g/mol. The highest BCUT2D eigenvalue weighted by Crippen LogP contribution is 2.32. The minimum Gasteiger partial charge on any atom is -0.380 e. The molecule has 0 bridgehead atoms. The maximum atomic E-state index is 5.91. The molecule has 0 aliphatic rings. The summed E-state index contributed by atoms with van der Waals surface area (Å²) >= 11 is 1.57. The number of anilines is 1. The predicted molar refractivity (Wildman–Crippen MR) is 74.7 cm³/mol. The number of hydrogen-bond acceptors (Lipinski definition) is 4. The van der Waals surface area contributed by atoms with Gasteiger partial charge in [0.25, 0.3) is 0 Å². The number of aromatic nitrogens is 3. The van der Waals surface area contributed by atoms with Crippen LogP contribution in [-0.4, -0.2) is 14.8 Å². The number of hydrogen-bond donors (Lipinski definition) is 1. The van der Waals surface area contributed by atoms with Crippen LogP contribution in [0.15, 0.2) is 35.8 Å². The molecule has 3 rings (SSSR count). The Morgan fingerprint density at radius 1 is 1.22 bits per heavy atom. The van der Waals surface area contributed by atoms with Gasteiger partial charge in [-0.1, -0.05) is 30.3 Å². The molecule has 3 aromatic rings. The minimum absolute atomic E-state index is 0.246. The lowest BCUT2D eigenvalue weighted by molar-refractivity contribution is 0.407. The standard InChI is InChI=1S/C13H14N4S/c1-13(2,9-6-4-3-5-7-9)17-12-10(11(14)16-17)15-8-18-12/h3-8H,1-2H3,(H2,14,16). The van der Waals surface area contributed by atoms with Crippen molar-refractivity contribution >= 4 is 27.5 Å². The fraction of sp³-hybridized carbons (Fsp3) is 0.231. The van der Waals surface area contributed by atoms with E-state index in [1.165, 1.54) is 5.56 Å². The molecule has 0 saturated heterocycles. The zero-order chi connectivity index (χ0) is 12.8. The van der Waals surface area contributed by atoms with Crippen molar-refractivity contribution in [3.63, 3.8) is 0 Å². The Morgan fingerprint density at radius 2 is 1.94 bits per heavy atom. The molecule has 2 heterocycles. The molecule has 92 valence electrons. The smallest absolute Gasteiger partial charge is 0.173 e. The number of nitrogens with zero attached hydrogens (tertiary/aromatic N) is 3. The van der Waals surface area contributed by atoms with Crippen LogP contribution < -0.4 is 5.73 Å². The van der Waals surface area contributed by atoms with Crippen LogP contribution in [0, 0.1) is 0 Å². The van der Waals surface area contributed by atoms with Gasteiger partial charge in [-0.25, -0.2) is 9.67 Å². The van der Waals surface area contributed by atoms with E-state index in [0.29, 0.717) is 5.82 Å². The van der Waals surface area contributed by atoms with Crippen molar-refractivity contribution < 1.29 is 0 Å². The van der Waals surface area contributed by atoms with Gasteiger partial charge in [0.05, 0.1) is 11.0 Å². The number of thiazole rings is 1. The molecule has 0 aliphatic heterocycles. The largest absolute Gasteiger partial charge is 0.380 e. The van der Waals surface area contributed by atoms with E-state index in [4.69, 9.17) is 5.73 Å². The first-order valence-electron chi connectivity index (χ1n) is 5.74.